The molecule has 0 aromatic heterocycles. The number of morpholine rings is 1. The number of nitrogens with two attached hydrogens (primary N) is 2. The zero-order valence-electron chi connectivity index (χ0n) is 15.9. The minimum Gasteiger partial charge on any atom is -0.493 e. The highest BCUT2D eigenvalue weighted by Gasteiger charge is 2.17. The summed E-state index contributed by atoms with van der Waals surface area (Å²) in [6, 6.07) is 12.2. The largest absolute Gasteiger partial charge is 0.493 e. The molecule has 8 heteroatoms. The first kappa shape index (κ1) is 20.4. The fourth-order valence-electron chi connectivity index (χ4n) is 3.17. The van der Waals surface area contributed by atoms with Gasteiger partial charge in [-0.15, -0.1) is 0 Å². The number of nitrogens with one attached hydrogen (secondary N) is 1. The Hall–Kier alpha value is -2.32. The molecular weight excluding hydrogens is 382 g/mol. The van der Waals surface area contributed by atoms with E-state index in [-0.39, 0.29) is 6.61 Å². The highest BCUT2D eigenvalue weighted by molar-refractivity contribution is 6.32. The van der Waals surface area contributed by atoms with E-state index in [0.717, 1.165) is 37.6 Å². The van der Waals surface area contributed by atoms with Crippen molar-refractivity contribution < 1.29 is 29.2 Å². The number of hydrogen-bond acceptors (Lipinski definition) is 4. The fraction of sp³-hybridized carbons (Fsp3) is 0.350. The molecule has 1 fully saturated rings. The molecule has 0 atom stereocenters. The average molecular weight is 408 g/mol. The molecule has 3 rings (SSSR count). The van der Waals surface area contributed by atoms with Gasteiger partial charge in [0.1, 0.15) is 31.0 Å². The lowest BCUT2D eigenvalue weighted by molar-refractivity contribution is -0.842. The highest BCUT2D eigenvalue weighted by Crippen LogP contribution is 2.36. The summed E-state index contributed by atoms with van der Waals surface area (Å²) in [5.74, 6) is 0.228. The molecule has 1 aliphatic rings. The Morgan fingerprint density at radius 2 is 1.96 bits per heavy atom. The first-order valence-electron chi connectivity index (χ1n) is 9.20. The van der Waals surface area contributed by atoms with Crippen LogP contribution in [-0.4, -0.2) is 45.9 Å². The van der Waals surface area contributed by atoms with Crippen LogP contribution in [0.2, 0.25) is 5.02 Å². The van der Waals surface area contributed by atoms with Crippen molar-refractivity contribution in [1.29, 1.82) is 0 Å². The summed E-state index contributed by atoms with van der Waals surface area (Å²) in [6.45, 7) is 4.07. The maximum absolute atomic E-state index is 10.9. The summed E-state index contributed by atoms with van der Waals surface area (Å²) in [5, 5.41) is 2.52. The molecule has 1 amide bonds. The molecule has 2 aromatic carbocycles. The minimum absolute atomic E-state index is 0.251. The molecule has 0 aliphatic carbocycles. The molecule has 150 valence electrons. The van der Waals surface area contributed by atoms with E-state index in [4.69, 9.17) is 31.5 Å². The Morgan fingerprint density at radius 1 is 1.25 bits per heavy atom. The van der Waals surface area contributed by atoms with E-state index < -0.39 is 5.91 Å². The Kier molecular flexibility index (Phi) is 7.11. The average Bonchev–Trinajstić information content (AvgIpc) is 2.72. The quantitative estimate of drug-likeness (QED) is 0.543. The highest BCUT2D eigenvalue weighted by atomic mass is 35.5. The number of hydrogen-bond donors (Lipinski definition) is 3. The van der Waals surface area contributed by atoms with Crippen molar-refractivity contribution >= 4 is 28.9 Å². The van der Waals surface area contributed by atoms with Crippen LogP contribution in [0.1, 0.15) is 5.56 Å². The van der Waals surface area contributed by atoms with Crippen molar-refractivity contribution in [2.75, 3.05) is 40.0 Å². The van der Waals surface area contributed by atoms with Gasteiger partial charge in [0.05, 0.1) is 25.3 Å². The summed E-state index contributed by atoms with van der Waals surface area (Å²) >= 11 is 6.30. The fourth-order valence-corrected chi connectivity index (χ4v) is 3.46. The summed E-state index contributed by atoms with van der Waals surface area (Å²) < 4.78 is 16.1. The van der Waals surface area contributed by atoms with Gasteiger partial charge in [0.25, 0.3) is 5.91 Å². The number of primary amides is 1. The van der Waals surface area contributed by atoms with Gasteiger partial charge in [0, 0.05) is 29.8 Å². The lowest BCUT2D eigenvalue weighted by atomic mass is 10.2. The SMILES string of the molecule is COc1cc(C[NH2+]c2ccc([NH+]3CCOCC3)cc2)cc(Cl)c1OCC(N)=O. The second kappa shape index (κ2) is 9.75. The first-order valence-corrected chi connectivity index (χ1v) is 9.58. The lowest BCUT2D eigenvalue weighted by Crippen LogP contribution is -3.09. The number of ether oxygens (including phenoxy) is 3. The van der Waals surface area contributed by atoms with Gasteiger partial charge in [0.2, 0.25) is 0 Å². The minimum atomic E-state index is -0.571. The smallest absolute Gasteiger partial charge is 0.255 e. The lowest BCUT2D eigenvalue weighted by Gasteiger charge is -2.23. The molecule has 28 heavy (non-hydrogen) atoms. The molecular formula is C20H26ClN3O4+2. The maximum atomic E-state index is 10.9. The Bertz CT molecular complexity index is 808. The zero-order valence-corrected chi connectivity index (χ0v) is 16.6. The number of carbonyl (C=O) groups excluding carboxylic acids is 1. The van der Waals surface area contributed by atoms with E-state index in [1.807, 2.05) is 12.1 Å². The second-order valence-corrected chi connectivity index (χ2v) is 7.02. The van der Waals surface area contributed by atoms with Crippen LogP contribution in [0.25, 0.3) is 0 Å². The van der Waals surface area contributed by atoms with Crippen molar-refractivity contribution in [2.45, 2.75) is 6.54 Å². The number of benzene rings is 2. The molecule has 0 bridgehead atoms. The Morgan fingerprint density at radius 3 is 2.61 bits per heavy atom. The van der Waals surface area contributed by atoms with Crippen LogP contribution in [0.3, 0.4) is 0 Å². The van der Waals surface area contributed by atoms with Gasteiger partial charge in [-0.1, -0.05) is 11.6 Å². The van der Waals surface area contributed by atoms with E-state index in [1.165, 1.54) is 17.7 Å². The number of amides is 1. The predicted octanol–water partition coefficient (Wildman–Crippen LogP) is 0.154. The van der Waals surface area contributed by atoms with Crippen molar-refractivity contribution in [3.8, 4) is 11.5 Å². The van der Waals surface area contributed by atoms with Crippen LogP contribution < -0.4 is 25.4 Å². The monoisotopic (exact) mass is 407 g/mol. The molecule has 1 saturated heterocycles. The van der Waals surface area contributed by atoms with Crippen LogP contribution in [-0.2, 0) is 16.1 Å². The standard InChI is InChI=1S/C20H24ClN3O4/c1-26-18-11-14(10-17(21)20(18)28-13-19(22)25)12-23-15-2-4-16(5-3-15)24-6-8-27-9-7-24/h2-5,10-11,23H,6-9,12-13H2,1H3,(H2,22,25)/p+2. The second-order valence-electron chi connectivity index (χ2n) is 6.61. The van der Waals surface area contributed by atoms with Crippen molar-refractivity contribution in [3.05, 3.63) is 47.0 Å². The maximum Gasteiger partial charge on any atom is 0.255 e. The Labute approximate surface area is 169 Å². The third kappa shape index (κ3) is 5.36. The molecule has 1 aliphatic heterocycles. The summed E-state index contributed by atoms with van der Waals surface area (Å²) in [7, 11) is 1.53. The van der Waals surface area contributed by atoms with Gasteiger partial charge < -0.3 is 25.3 Å². The van der Waals surface area contributed by atoms with Gasteiger partial charge in [0.15, 0.2) is 18.1 Å². The number of quaternary nitrogens is 2. The first-order chi connectivity index (χ1) is 13.6. The normalized spacial score (nSPS) is 14.6. The Balaban J connectivity index is 1.63. The summed E-state index contributed by atoms with van der Waals surface area (Å²) in [4.78, 5) is 12.4. The number of carbonyl (C=O) groups is 1. The van der Waals surface area contributed by atoms with Crippen molar-refractivity contribution in [3.63, 3.8) is 0 Å². The van der Waals surface area contributed by atoms with Crippen LogP contribution in [0, 0.1) is 0 Å². The van der Waals surface area contributed by atoms with Gasteiger partial charge in [-0.3, -0.25) is 9.69 Å². The third-order valence-corrected chi connectivity index (χ3v) is 4.92. The van der Waals surface area contributed by atoms with Gasteiger partial charge in [-0.05, 0) is 12.1 Å². The van der Waals surface area contributed by atoms with Crippen LogP contribution >= 0.6 is 11.6 Å². The molecule has 0 spiro atoms. The van der Waals surface area contributed by atoms with Crippen LogP contribution in [0.15, 0.2) is 36.4 Å². The zero-order chi connectivity index (χ0) is 19.9. The third-order valence-electron chi connectivity index (χ3n) is 4.64. The van der Waals surface area contributed by atoms with E-state index in [0.29, 0.717) is 23.1 Å². The van der Waals surface area contributed by atoms with Crippen LogP contribution in [0.4, 0.5) is 11.4 Å². The van der Waals surface area contributed by atoms with Crippen molar-refractivity contribution in [1.82, 2.24) is 0 Å². The number of halogens is 1. The topological polar surface area (TPSA) is 91.8 Å². The molecule has 1 heterocycles. The van der Waals surface area contributed by atoms with E-state index >= 15 is 0 Å². The molecule has 0 saturated carbocycles. The predicted molar refractivity (Wildman–Crippen MR) is 106 cm³/mol. The molecule has 5 N–H and O–H groups in total. The van der Waals surface area contributed by atoms with Gasteiger partial charge >= 0.3 is 0 Å². The molecule has 7 nitrogen and oxygen atoms in total. The molecule has 0 radical (unpaired) electrons. The van der Waals surface area contributed by atoms with E-state index in [1.54, 1.807) is 0 Å². The van der Waals surface area contributed by atoms with E-state index in [2.05, 4.69) is 29.6 Å². The molecule has 0 unspecified atom stereocenters. The number of methoxy groups -OCH3 is 1. The van der Waals surface area contributed by atoms with Gasteiger partial charge in [-0.25, -0.2) is 0 Å². The van der Waals surface area contributed by atoms with E-state index in [9.17, 15) is 4.79 Å². The molecule has 2 aromatic rings. The van der Waals surface area contributed by atoms with Gasteiger partial charge in [-0.2, -0.15) is 0 Å². The summed E-state index contributed by atoms with van der Waals surface area (Å²) in [6.07, 6.45) is 0. The number of rotatable bonds is 8. The van der Waals surface area contributed by atoms with Crippen LogP contribution in [0.5, 0.6) is 11.5 Å². The summed E-state index contributed by atoms with van der Waals surface area (Å²) in [5.41, 5.74) is 8.54. The van der Waals surface area contributed by atoms with Crippen molar-refractivity contribution in [2.24, 2.45) is 5.73 Å².